The van der Waals surface area contributed by atoms with E-state index in [9.17, 15) is 4.79 Å². The van der Waals surface area contributed by atoms with Crippen molar-refractivity contribution in [1.29, 1.82) is 0 Å². The molecule has 100 valence electrons. The van der Waals surface area contributed by atoms with Gasteiger partial charge >= 0.3 is 0 Å². The van der Waals surface area contributed by atoms with Crippen LogP contribution >= 0.6 is 11.3 Å². The van der Waals surface area contributed by atoms with Crippen LogP contribution in [0.1, 0.15) is 30.8 Å². The first kappa shape index (κ1) is 13.5. The number of ether oxygens (including phenoxy) is 1. The van der Waals surface area contributed by atoms with Crippen molar-refractivity contribution in [2.75, 3.05) is 19.8 Å². The van der Waals surface area contributed by atoms with E-state index >= 15 is 0 Å². The highest BCUT2D eigenvalue weighted by atomic mass is 32.1. The van der Waals surface area contributed by atoms with Crippen LogP contribution in [-0.2, 0) is 9.53 Å². The van der Waals surface area contributed by atoms with Crippen LogP contribution < -0.4 is 10.6 Å². The number of nitrogens with zero attached hydrogens (tertiary/aromatic N) is 1. The summed E-state index contributed by atoms with van der Waals surface area (Å²) in [5.74, 6) is 0.0466. The van der Waals surface area contributed by atoms with Crippen molar-refractivity contribution in [1.82, 2.24) is 15.6 Å². The highest BCUT2D eigenvalue weighted by molar-refractivity contribution is 7.09. The van der Waals surface area contributed by atoms with Gasteiger partial charge in [-0.2, -0.15) is 0 Å². The highest BCUT2D eigenvalue weighted by Gasteiger charge is 2.16. The summed E-state index contributed by atoms with van der Waals surface area (Å²) in [4.78, 5) is 16.0. The van der Waals surface area contributed by atoms with Crippen LogP contribution in [0.3, 0.4) is 0 Å². The third-order valence-electron chi connectivity index (χ3n) is 2.98. The average Bonchev–Trinajstić information content (AvgIpc) is 2.91. The summed E-state index contributed by atoms with van der Waals surface area (Å²) in [5, 5.41) is 9.15. The van der Waals surface area contributed by atoms with Crippen molar-refractivity contribution >= 4 is 17.2 Å². The van der Waals surface area contributed by atoms with Crippen LogP contribution in [0.2, 0.25) is 0 Å². The minimum Gasteiger partial charge on any atom is -0.381 e. The molecule has 1 aromatic rings. The lowest BCUT2D eigenvalue weighted by Crippen LogP contribution is -2.43. The summed E-state index contributed by atoms with van der Waals surface area (Å²) in [6.07, 6.45) is 3.60. The lowest BCUT2D eigenvalue weighted by molar-refractivity contribution is -0.121. The monoisotopic (exact) mass is 269 g/mol. The molecule has 0 aromatic carbocycles. The third-order valence-corrected chi connectivity index (χ3v) is 3.94. The maximum Gasteiger partial charge on any atom is 0.234 e. The predicted molar refractivity (Wildman–Crippen MR) is 70.5 cm³/mol. The Bertz CT molecular complexity index is 363. The zero-order valence-corrected chi connectivity index (χ0v) is 11.3. The lowest BCUT2D eigenvalue weighted by Gasteiger charge is -2.23. The van der Waals surface area contributed by atoms with Crippen LogP contribution in [0.5, 0.6) is 0 Å². The molecule has 1 aliphatic heterocycles. The Kier molecular flexibility index (Phi) is 5.10. The molecular formula is C12H19N3O2S. The fraction of sp³-hybridized carbons (Fsp3) is 0.667. The number of hydrogen-bond donors (Lipinski definition) is 2. The number of thiazole rings is 1. The van der Waals surface area contributed by atoms with Gasteiger partial charge in [0.05, 0.1) is 12.6 Å². The second-order valence-electron chi connectivity index (χ2n) is 4.43. The number of hydrogen-bond acceptors (Lipinski definition) is 5. The summed E-state index contributed by atoms with van der Waals surface area (Å²) >= 11 is 1.60. The van der Waals surface area contributed by atoms with E-state index in [2.05, 4.69) is 15.6 Å². The van der Waals surface area contributed by atoms with Crippen LogP contribution in [-0.4, -0.2) is 36.7 Å². The van der Waals surface area contributed by atoms with Gasteiger partial charge in [0, 0.05) is 30.8 Å². The topological polar surface area (TPSA) is 63.2 Å². The lowest BCUT2D eigenvalue weighted by atomic mass is 10.1. The molecule has 0 saturated carbocycles. The molecule has 1 fully saturated rings. The molecule has 1 amide bonds. The standard InChI is InChI=1S/C12H19N3O2S/c1-9(12-13-4-7-18-12)14-8-11(16)15-10-2-5-17-6-3-10/h4,7,9-10,14H,2-3,5-6,8H2,1H3,(H,15,16). The van der Waals surface area contributed by atoms with Crippen LogP contribution in [0.4, 0.5) is 0 Å². The first-order valence-electron chi connectivity index (χ1n) is 6.25. The Balaban J connectivity index is 1.68. The number of rotatable bonds is 5. The summed E-state index contributed by atoms with van der Waals surface area (Å²) in [6, 6.07) is 0.383. The van der Waals surface area contributed by atoms with Gasteiger partial charge in [0.2, 0.25) is 5.91 Å². The molecule has 0 bridgehead atoms. The van der Waals surface area contributed by atoms with Gasteiger partial charge in [-0.25, -0.2) is 4.98 Å². The summed E-state index contributed by atoms with van der Waals surface area (Å²) in [6.45, 7) is 3.83. The first-order chi connectivity index (χ1) is 8.75. The molecule has 2 N–H and O–H groups in total. The zero-order valence-electron chi connectivity index (χ0n) is 10.5. The Labute approximate surface area is 111 Å². The molecule has 2 rings (SSSR count). The van der Waals surface area contributed by atoms with Crippen LogP contribution in [0.25, 0.3) is 0 Å². The molecule has 1 unspecified atom stereocenters. The number of carbonyl (C=O) groups excluding carboxylic acids is 1. The molecule has 1 aromatic heterocycles. The first-order valence-corrected chi connectivity index (χ1v) is 7.13. The van der Waals surface area contributed by atoms with Crippen LogP contribution in [0.15, 0.2) is 11.6 Å². The van der Waals surface area contributed by atoms with Gasteiger partial charge < -0.3 is 10.1 Å². The van der Waals surface area contributed by atoms with E-state index in [1.807, 2.05) is 12.3 Å². The van der Waals surface area contributed by atoms with Gasteiger partial charge in [0.25, 0.3) is 0 Å². The van der Waals surface area contributed by atoms with Crippen molar-refractivity contribution < 1.29 is 9.53 Å². The van der Waals surface area contributed by atoms with Gasteiger partial charge in [-0.05, 0) is 19.8 Å². The van der Waals surface area contributed by atoms with E-state index in [1.165, 1.54) is 0 Å². The van der Waals surface area contributed by atoms with Crippen molar-refractivity contribution in [2.45, 2.75) is 31.8 Å². The van der Waals surface area contributed by atoms with E-state index in [-0.39, 0.29) is 18.0 Å². The van der Waals surface area contributed by atoms with E-state index in [0.29, 0.717) is 6.54 Å². The zero-order chi connectivity index (χ0) is 12.8. The number of nitrogens with one attached hydrogen (secondary N) is 2. The fourth-order valence-corrected chi connectivity index (χ4v) is 2.57. The molecule has 6 heteroatoms. The molecule has 1 saturated heterocycles. The Morgan fingerprint density at radius 3 is 3.06 bits per heavy atom. The molecule has 1 aliphatic rings. The minimum atomic E-state index is 0.0466. The van der Waals surface area contributed by atoms with Gasteiger partial charge in [-0.15, -0.1) is 11.3 Å². The quantitative estimate of drug-likeness (QED) is 0.840. The fourth-order valence-electron chi connectivity index (χ4n) is 1.90. The second-order valence-corrected chi connectivity index (χ2v) is 5.35. The second kappa shape index (κ2) is 6.82. The Morgan fingerprint density at radius 1 is 1.61 bits per heavy atom. The Morgan fingerprint density at radius 2 is 2.39 bits per heavy atom. The smallest absolute Gasteiger partial charge is 0.234 e. The van der Waals surface area contributed by atoms with Gasteiger partial charge in [0.1, 0.15) is 5.01 Å². The van der Waals surface area contributed by atoms with Gasteiger partial charge in [0.15, 0.2) is 0 Å². The third kappa shape index (κ3) is 4.04. The maximum atomic E-state index is 11.8. The largest absolute Gasteiger partial charge is 0.381 e. The Hall–Kier alpha value is -0.980. The normalized spacial score (nSPS) is 18.5. The molecule has 0 spiro atoms. The molecule has 5 nitrogen and oxygen atoms in total. The molecule has 0 radical (unpaired) electrons. The maximum absolute atomic E-state index is 11.8. The van der Waals surface area contributed by atoms with Crippen molar-refractivity contribution in [3.63, 3.8) is 0 Å². The average molecular weight is 269 g/mol. The van der Waals surface area contributed by atoms with E-state index in [0.717, 1.165) is 31.1 Å². The SMILES string of the molecule is CC(NCC(=O)NC1CCOCC1)c1nccs1. The minimum absolute atomic E-state index is 0.0466. The van der Waals surface area contributed by atoms with Gasteiger partial charge in [-0.1, -0.05) is 0 Å². The van der Waals surface area contributed by atoms with E-state index in [1.54, 1.807) is 17.5 Å². The van der Waals surface area contributed by atoms with Gasteiger partial charge in [-0.3, -0.25) is 10.1 Å². The van der Waals surface area contributed by atoms with Crippen molar-refractivity contribution in [3.05, 3.63) is 16.6 Å². The number of aromatic nitrogens is 1. The van der Waals surface area contributed by atoms with Crippen molar-refractivity contribution in [3.8, 4) is 0 Å². The molecule has 18 heavy (non-hydrogen) atoms. The van der Waals surface area contributed by atoms with E-state index < -0.39 is 0 Å². The van der Waals surface area contributed by atoms with Crippen molar-refractivity contribution in [2.24, 2.45) is 0 Å². The summed E-state index contributed by atoms with van der Waals surface area (Å²) in [5.41, 5.74) is 0. The molecular weight excluding hydrogens is 250 g/mol. The van der Waals surface area contributed by atoms with Crippen LogP contribution in [0, 0.1) is 0 Å². The number of amides is 1. The predicted octanol–water partition coefficient (Wildman–Crippen LogP) is 1.09. The highest BCUT2D eigenvalue weighted by Crippen LogP contribution is 2.14. The van der Waals surface area contributed by atoms with E-state index in [4.69, 9.17) is 4.74 Å². The summed E-state index contributed by atoms with van der Waals surface area (Å²) in [7, 11) is 0. The summed E-state index contributed by atoms with van der Waals surface area (Å²) < 4.78 is 5.25. The molecule has 1 atom stereocenters. The molecule has 0 aliphatic carbocycles. The number of carbonyl (C=O) groups is 1. The molecule has 2 heterocycles.